The highest BCUT2D eigenvalue weighted by Crippen LogP contribution is 2.27. The average Bonchev–Trinajstić information content (AvgIpc) is 2.40. The van der Waals surface area contributed by atoms with E-state index in [9.17, 15) is 0 Å². The molecule has 0 saturated carbocycles. The Balaban J connectivity index is 2.55. The Hall–Kier alpha value is -0.540. The first-order valence-corrected chi connectivity index (χ1v) is 8.52. The number of nitrogens with two attached hydrogens (primary N) is 1. The lowest BCUT2D eigenvalue weighted by Crippen LogP contribution is -2.17. The fraction of sp³-hybridized carbons (Fsp3) is 0.647. The monoisotopic (exact) mass is 341 g/mol. The SMILES string of the molecule is CCCCC(CC)COc1ccc(CC(C)N)cc1Br. The van der Waals surface area contributed by atoms with Gasteiger partial charge in [-0.3, -0.25) is 0 Å². The van der Waals surface area contributed by atoms with E-state index in [1.807, 2.05) is 13.0 Å². The van der Waals surface area contributed by atoms with Crippen molar-refractivity contribution in [2.45, 2.75) is 58.9 Å². The van der Waals surface area contributed by atoms with E-state index in [0.717, 1.165) is 23.2 Å². The van der Waals surface area contributed by atoms with E-state index in [1.54, 1.807) is 0 Å². The number of hydrogen-bond acceptors (Lipinski definition) is 2. The van der Waals surface area contributed by atoms with E-state index in [-0.39, 0.29) is 6.04 Å². The van der Waals surface area contributed by atoms with E-state index in [4.69, 9.17) is 10.5 Å². The van der Waals surface area contributed by atoms with Gasteiger partial charge in [-0.05, 0) is 59.3 Å². The van der Waals surface area contributed by atoms with Crippen LogP contribution in [0.1, 0.15) is 52.0 Å². The van der Waals surface area contributed by atoms with Gasteiger partial charge in [0.2, 0.25) is 0 Å². The van der Waals surface area contributed by atoms with Crippen molar-refractivity contribution >= 4 is 15.9 Å². The second kappa shape index (κ2) is 9.41. The number of hydrogen-bond donors (Lipinski definition) is 1. The van der Waals surface area contributed by atoms with Gasteiger partial charge in [0.1, 0.15) is 5.75 Å². The van der Waals surface area contributed by atoms with Gasteiger partial charge >= 0.3 is 0 Å². The minimum Gasteiger partial charge on any atom is -0.492 e. The molecule has 2 atom stereocenters. The summed E-state index contributed by atoms with van der Waals surface area (Å²) in [6, 6.07) is 6.46. The predicted molar refractivity (Wildman–Crippen MR) is 90.3 cm³/mol. The summed E-state index contributed by atoms with van der Waals surface area (Å²) in [5.74, 6) is 1.60. The molecule has 1 aromatic carbocycles. The molecule has 0 heterocycles. The zero-order chi connectivity index (χ0) is 15.0. The highest BCUT2D eigenvalue weighted by molar-refractivity contribution is 9.10. The fourth-order valence-corrected chi connectivity index (χ4v) is 2.81. The van der Waals surface area contributed by atoms with Crippen molar-refractivity contribution in [3.63, 3.8) is 0 Å². The third-order valence-corrected chi connectivity index (χ3v) is 4.19. The Bertz CT molecular complexity index is 393. The molecular formula is C17H28BrNO. The number of halogens is 1. The molecule has 1 aromatic rings. The molecule has 0 aliphatic heterocycles. The van der Waals surface area contributed by atoms with Crippen LogP contribution in [0.25, 0.3) is 0 Å². The molecule has 0 saturated heterocycles. The molecule has 20 heavy (non-hydrogen) atoms. The highest BCUT2D eigenvalue weighted by Gasteiger charge is 2.09. The molecule has 0 aliphatic rings. The Morgan fingerprint density at radius 2 is 2.05 bits per heavy atom. The van der Waals surface area contributed by atoms with Crippen LogP contribution in [0.4, 0.5) is 0 Å². The van der Waals surface area contributed by atoms with Gasteiger partial charge in [0.25, 0.3) is 0 Å². The largest absolute Gasteiger partial charge is 0.492 e. The number of unbranched alkanes of at least 4 members (excludes halogenated alkanes) is 1. The quantitative estimate of drug-likeness (QED) is 0.690. The first kappa shape index (κ1) is 17.5. The third-order valence-electron chi connectivity index (χ3n) is 3.57. The molecule has 0 aromatic heterocycles. The Morgan fingerprint density at radius 3 is 2.60 bits per heavy atom. The standard InChI is InChI=1S/C17H28BrNO/c1-4-6-7-14(5-2)12-20-17-9-8-15(10-13(3)19)11-16(17)18/h8-9,11,13-14H,4-7,10,12,19H2,1-3H3. The van der Waals surface area contributed by atoms with Crippen LogP contribution in [-0.2, 0) is 6.42 Å². The first-order valence-electron chi connectivity index (χ1n) is 7.73. The molecule has 2 unspecified atom stereocenters. The molecule has 0 radical (unpaired) electrons. The van der Waals surface area contributed by atoms with Gasteiger partial charge in [0.15, 0.2) is 0 Å². The summed E-state index contributed by atoms with van der Waals surface area (Å²) >= 11 is 3.60. The normalized spacial score (nSPS) is 14.1. The van der Waals surface area contributed by atoms with Crippen LogP contribution >= 0.6 is 15.9 Å². The minimum absolute atomic E-state index is 0.187. The molecule has 0 amide bonds. The summed E-state index contributed by atoms with van der Waals surface area (Å²) in [7, 11) is 0. The lowest BCUT2D eigenvalue weighted by molar-refractivity contribution is 0.232. The molecule has 0 bridgehead atoms. The van der Waals surface area contributed by atoms with Crippen molar-refractivity contribution in [3.8, 4) is 5.75 Å². The second-order valence-corrected chi connectivity index (χ2v) is 6.53. The van der Waals surface area contributed by atoms with Gasteiger partial charge in [-0.2, -0.15) is 0 Å². The number of ether oxygens (including phenoxy) is 1. The van der Waals surface area contributed by atoms with Crippen molar-refractivity contribution in [2.75, 3.05) is 6.61 Å². The van der Waals surface area contributed by atoms with Crippen LogP contribution in [0.3, 0.4) is 0 Å². The Labute approximate surface area is 132 Å². The highest BCUT2D eigenvalue weighted by atomic mass is 79.9. The number of benzene rings is 1. The van der Waals surface area contributed by atoms with Crippen molar-refractivity contribution in [1.29, 1.82) is 0 Å². The second-order valence-electron chi connectivity index (χ2n) is 5.67. The van der Waals surface area contributed by atoms with Crippen molar-refractivity contribution in [2.24, 2.45) is 11.7 Å². The zero-order valence-electron chi connectivity index (χ0n) is 13.0. The lowest BCUT2D eigenvalue weighted by Gasteiger charge is -2.17. The smallest absolute Gasteiger partial charge is 0.133 e. The maximum atomic E-state index is 5.97. The van der Waals surface area contributed by atoms with Gasteiger partial charge in [0.05, 0.1) is 11.1 Å². The molecule has 1 rings (SSSR count). The van der Waals surface area contributed by atoms with Gasteiger partial charge in [-0.1, -0.05) is 39.2 Å². The first-order chi connectivity index (χ1) is 9.56. The van der Waals surface area contributed by atoms with Crippen LogP contribution in [0.5, 0.6) is 5.75 Å². The van der Waals surface area contributed by atoms with E-state index >= 15 is 0 Å². The van der Waals surface area contributed by atoms with Gasteiger partial charge < -0.3 is 10.5 Å². The maximum Gasteiger partial charge on any atom is 0.133 e. The Kier molecular flexibility index (Phi) is 8.24. The molecule has 0 aliphatic carbocycles. The predicted octanol–water partition coefficient (Wildman–Crippen LogP) is 4.93. The van der Waals surface area contributed by atoms with E-state index in [1.165, 1.54) is 31.2 Å². The molecule has 2 nitrogen and oxygen atoms in total. The summed E-state index contributed by atoms with van der Waals surface area (Å²) in [6.45, 7) is 7.31. The van der Waals surface area contributed by atoms with Crippen LogP contribution in [0.15, 0.2) is 22.7 Å². The van der Waals surface area contributed by atoms with Gasteiger partial charge in [-0.15, -0.1) is 0 Å². The maximum absolute atomic E-state index is 5.97. The lowest BCUT2D eigenvalue weighted by atomic mass is 10.0. The van der Waals surface area contributed by atoms with E-state index in [0.29, 0.717) is 5.92 Å². The zero-order valence-corrected chi connectivity index (χ0v) is 14.6. The van der Waals surface area contributed by atoms with Crippen LogP contribution < -0.4 is 10.5 Å². The molecule has 0 fully saturated rings. The molecular weight excluding hydrogens is 314 g/mol. The third kappa shape index (κ3) is 6.27. The van der Waals surface area contributed by atoms with Gasteiger partial charge in [0, 0.05) is 6.04 Å². The summed E-state index contributed by atoms with van der Waals surface area (Å²) in [4.78, 5) is 0. The summed E-state index contributed by atoms with van der Waals surface area (Å²) in [6.07, 6.45) is 5.88. The summed E-state index contributed by atoms with van der Waals surface area (Å²) in [5.41, 5.74) is 7.08. The summed E-state index contributed by atoms with van der Waals surface area (Å²) < 4.78 is 7.00. The van der Waals surface area contributed by atoms with Crippen molar-refractivity contribution in [3.05, 3.63) is 28.2 Å². The van der Waals surface area contributed by atoms with Crippen molar-refractivity contribution < 1.29 is 4.74 Å². The van der Waals surface area contributed by atoms with Crippen LogP contribution in [0, 0.1) is 5.92 Å². The van der Waals surface area contributed by atoms with E-state index < -0.39 is 0 Å². The topological polar surface area (TPSA) is 35.2 Å². The molecule has 0 spiro atoms. The molecule has 2 N–H and O–H groups in total. The van der Waals surface area contributed by atoms with Gasteiger partial charge in [-0.25, -0.2) is 0 Å². The number of rotatable bonds is 9. The average molecular weight is 342 g/mol. The van der Waals surface area contributed by atoms with Crippen LogP contribution in [0.2, 0.25) is 0 Å². The molecule has 114 valence electrons. The van der Waals surface area contributed by atoms with E-state index in [2.05, 4.69) is 41.9 Å². The minimum atomic E-state index is 0.187. The Morgan fingerprint density at radius 1 is 1.30 bits per heavy atom. The van der Waals surface area contributed by atoms with Crippen LogP contribution in [-0.4, -0.2) is 12.6 Å². The van der Waals surface area contributed by atoms with Crippen molar-refractivity contribution in [1.82, 2.24) is 0 Å². The summed E-state index contributed by atoms with van der Waals surface area (Å²) in [5, 5.41) is 0. The molecule has 3 heteroatoms. The fourth-order valence-electron chi connectivity index (χ4n) is 2.27.